The molecule has 0 fully saturated rings. The third-order valence-electron chi connectivity index (χ3n) is 7.36. The van der Waals surface area contributed by atoms with Gasteiger partial charge in [0.1, 0.15) is 0 Å². The molecule has 0 aliphatic carbocycles. The number of nitrogens with zero attached hydrogens (tertiary/aromatic N) is 8. The first kappa shape index (κ1) is 30.9. The van der Waals surface area contributed by atoms with E-state index in [2.05, 4.69) is 57.3 Å². The summed E-state index contributed by atoms with van der Waals surface area (Å²) in [6.07, 6.45) is 0. The van der Waals surface area contributed by atoms with Crippen LogP contribution in [0, 0.1) is 27.7 Å². The van der Waals surface area contributed by atoms with E-state index in [1.54, 1.807) is 0 Å². The number of hydrogen-bond acceptors (Lipinski definition) is 8. The van der Waals surface area contributed by atoms with Crippen LogP contribution >= 0.6 is 22.7 Å². The lowest BCUT2D eigenvalue weighted by molar-refractivity contribution is 0.543. The monoisotopic (exact) mass is 642 g/mol. The SMILES string of the molecule is Cc1ccc(N=Nc2sc(=Nc3ccccc3)n(CCn3c(C)c(N=Nc4ccc(C)cc4)sc3=Nc3ccccc3)c2C)cc1. The Morgan fingerprint density at radius 3 is 1.17 bits per heavy atom. The van der Waals surface area contributed by atoms with Gasteiger partial charge in [-0.15, -0.1) is 20.5 Å². The van der Waals surface area contributed by atoms with Crippen LogP contribution in [0.2, 0.25) is 0 Å². The molecule has 0 aliphatic rings. The van der Waals surface area contributed by atoms with Crippen molar-refractivity contribution in [1.82, 2.24) is 9.13 Å². The fourth-order valence-corrected chi connectivity index (χ4v) is 6.69. The zero-order valence-electron chi connectivity index (χ0n) is 26.2. The van der Waals surface area contributed by atoms with Gasteiger partial charge in [-0.2, -0.15) is 0 Å². The topological polar surface area (TPSA) is 84.0 Å². The molecule has 6 rings (SSSR count). The van der Waals surface area contributed by atoms with E-state index in [9.17, 15) is 0 Å². The Balaban J connectivity index is 1.38. The Morgan fingerprint density at radius 2 is 0.804 bits per heavy atom. The van der Waals surface area contributed by atoms with Gasteiger partial charge >= 0.3 is 0 Å². The van der Waals surface area contributed by atoms with Crippen LogP contribution in [0.25, 0.3) is 0 Å². The molecule has 0 aliphatic heterocycles. The van der Waals surface area contributed by atoms with E-state index in [0.29, 0.717) is 13.1 Å². The van der Waals surface area contributed by atoms with Crippen molar-refractivity contribution in [1.29, 1.82) is 0 Å². The second kappa shape index (κ2) is 14.4. The van der Waals surface area contributed by atoms with Crippen LogP contribution in [0.1, 0.15) is 22.5 Å². The summed E-state index contributed by atoms with van der Waals surface area (Å²) < 4.78 is 4.43. The van der Waals surface area contributed by atoms with Crippen LogP contribution in [-0.2, 0) is 13.1 Å². The Labute approximate surface area is 276 Å². The van der Waals surface area contributed by atoms with Crippen molar-refractivity contribution >= 4 is 55.4 Å². The summed E-state index contributed by atoms with van der Waals surface area (Å²) in [5.74, 6) is 0. The normalized spacial score (nSPS) is 12.6. The van der Waals surface area contributed by atoms with Gasteiger partial charge in [-0.25, -0.2) is 9.98 Å². The number of hydrogen-bond donors (Lipinski definition) is 0. The fourth-order valence-electron chi connectivity index (χ4n) is 4.68. The van der Waals surface area contributed by atoms with Crippen molar-refractivity contribution < 1.29 is 0 Å². The third kappa shape index (κ3) is 7.59. The third-order valence-corrected chi connectivity index (χ3v) is 9.49. The highest BCUT2D eigenvalue weighted by Crippen LogP contribution is 2.28. The molecule has 0 unspecified atom stereocenters. The predicted molar refractivity (Wildman–Crippen MR) is 188 cm³/mol. The lowest BCUT2D eigenvalue weighted by Crippen LogP contribution is -2.24. The summed E-state index contributed by atoms with van der Waals surface area (Å²) in [6, 6.07) is 36.1. The molecule has 2 heterocycles. The minimum atomic E-state index is 0.655. The molecule has 4 aromatic carbocycles. The van der Waals surface area contributed by atoms with Gasteiger partial charge in [-0.3, -0.25) is 0 Å². The van der Waals surface area contributed by atoms with Gasteiger partial charge in [0, 0.05) is 13.1 Å². The van der Waals surface area contributed by atoms with Crippen molar-refractivity contribution in [2.75, 3.05) is 0 Å². The highest BCUT2D eigenvalue weighted by molar-refractivity contribution is 7.13. The summed E-state index contributed by atoms with van der Waals surface area (Å²) in [4.78, 5) is 11.7. The first-order valence-corrected chi connectivity index (χ1v) is 16.6. The molecule has 8 nitrogen and oxygen atoms in total. The van der Waals surface area contributed by atoms with Crippen LogP contribution in [0.5, 0.6) is 0 Å². The zero-order chi connectivity index (χ0) is 31.9. The second-order valence-electron chi connectivity index (χ2n) is 10.8. The molecule has 10 heteroatoms. The minimum Gasteiger partial charge on any atom is -0.317 e. The van der Waals surface area contributed by atoms with Crippen molar-refractivity contribution in [3.8, 4) is 0 Å². The Hall–Kier alpha value is -5.06. The second-order valence-corrected chi connectivity index (χ2v) is 12.7. The molecule has 6 aromatic rings. The lowest BCUT2D eigenvalue weighted by Gasteiger charge is -2.09. The molecule has 230 valence electrons. The lowest BCUT2D eigenvalue weighted by atomic mass is 10.2. The molecule has 0 atom stereocenters. The molecule has 0 saturated carbocycles. The Morgan fingerprint density at radius 1 is 0.435 bits per heavy atom. The van der Waals surface area contributed by atoms with Gasteiger partial charge in [-0.1, -0.05) is 94.5 Å². The number of aromatic nitrogens is 2. The summed E-state index contributed by atoms with van der Waals surface area (Å²) >= 11 is 3.07. The number of rotatable bonds is 9. The van der Waals surface area contributed by atoms with E-state index < -0.39 is 0 Å². The highest BCUT2D eigenvalue weighted by atomic mass is 32.1. The van der Waals surface area contributed by atoms with E-state index in [0.717, 1.165) is 53.7 Å². The maximum absolute atomic E-state index is 5.00. The number of azo groups is 2. The van der Waals surface area contributed by atoms with Gasteiger partial charge in [-0.05, 0) is 76.2 Å². The molecular weight excluding hydrogens is 609 g/mol. The van der Waals surface area contributed by atoms with E-state index in [-0.39, 0.29) is 0 Å². The van der Waals surface area contributed by atoms with Crippen molar-refractivity contribution in [2.24, 2.45) is 30.4 Å². The number of para-hydroxylation sites is 2. The summed E-state index contributed by atoms with van der Waals surface area (Å²) in [5, 5.41) is 20.0. The Bertz CT molecular complexity index is 1960. The van der Waals surface area contributed by atoms with Gasteiger partial charge in [0.2, 0.25) is 0 Å². The minimum absolute atomic E-state index is 0.655. The summed E-state index contributed by atoms with van der Waals surface area (Å²) in [5.41, 5.74) is 7.79. The molecule has 0 amide bonds. The quantitative estimate of drug-likeness (QED) is 0.141. The van der Waals surface area contributed by atoms with Crippen LogP contribution in [0.3, 0.4) is 0 Å². The number of aryl methyl sites for hydroxylation is 2. The van der Waals surface area contributed by atoms with E-state index >= 15 is 0 Å². The van der Waals surface area contributed by atoms with Crippen LogP contribution < -0.4 is 9.60 Å². The maximum atomic E-state index is 5.00. The molecule has 0 spiro atoms. The van der Waals surface area contributed by atoms with Gasteiger partial charge in [0.25, 0.3) is 0 Å². The average molecular weight is 643 g/mol. The average Bonchev–Trinajstić information content (AvgIpc) is 3.53. The van der Waals surface area contributed by atoms with Gasteiger partial charge < -0.3 is 9.13 Å². The highest BCUT2D eigenvalue weighted by Gasteiger charge is 2.14. The number of thiazole rings is 2. The molecule has 46 heavy (non-hydrogen) atoms. The molecular formula is C36H34N8S2. The van der Waals surface area contributed by atoms with E-state index in [1.807, 2.05) is 109 Å². The van der Waals surface area contributed by atoms with E-state index in [4.69, 9.17) is 9.98 Å². The Kier molecular flexibility index (Phi) is 9.66. The summed E-state index contributed by atoms with van der Waals surface area (Å²) in [6.45, 7) is 9.58. The standard InChI is InChI=1S/C36H34N8S2/c1-25-15-19-31(20-16-25)39-41-33-27(3)43(35(45-33)37-29-11-7-5-8-12-29)23-24-44-28(4)34(42-40-32-21-17-26(2)18-22-32)46-36(44)38-30-13-9-6-10-14-30/h5-22H,23-24H2,1-4H3. The smallest absolute Gasteiger partial charge is 0.192 e. The molecule has 2 aromatic heterocycles. The fraction of sp³-hybridized carbons (Fsp3) is 0.167. The van der Waals surface area contributed by atoms with Crippen molar-refractivity contribution in [3.05, 3.63) is 141 Å². The molecule has 0 bridgehead atoms. The largest absolute Gasteiger partial charge is 0.317 e. The van der Waals surface area contributed by atoms with Gasteiger partial charge in [0.05, 0.1) is 34.1 Å². The molecule has 0 N–H and O–H groups in total. The van der Waals surface area contributed by atoms with Gasteiger partial charge in [0.15, 0.2) is 19.6 Å². The molecule has 0 radical (unpaired) electrons. The maximum Gasteiger partial charge on any atom is 0.192 e. The first-order chi connectivity index (χ1) is 22.4. The predicted octanol–water partition coefficient (Wildman–Crippen LogP) is 10.6. The first-order valence-electron chi connectivity index (χ1n) is 15.0. The van der Waals surface area contributed by atoms with Crippen LogP contribution in [0.4, 0.5) is 32.8 Å². The van der Waals surface area contributed by atoms with E-state index in [1.165, 1.54) is 33.8 Å². The number of benzene rings is 4. The molecule has 0 saturated heterocycles. The van der Waals surface area contributed by atoms with Crippen LogP contribution in [-0.4, -0.2) is 9.13 Å². The zero-order valence-corrected chi connectivity index (χ0v) is 27.8. The van der Waals surface area contributed by atoms with Crippen LogP contribution in [0.15, 0.2) is 140 Å². The van der Waals surface area contributed by atoms with Crippen molar-refractivity contribution in [2.45, 2.75) is 40.8 Å². The van der Waals surface area contributed by atoms with Crippen molar-refractivity contribution in [3.63, 3.8) is 0 Å². The summed E-state index contributed by atoms with van der Waals surface area (Å²) in [7, 11) is 0.